The van der Waals surface area contributed by atoms with Crippen LogP contribution >= 0.6 is 35.0 Å². The van der Waals surface area contributed by atoms with Gasteiger partial charge in [0.2, 0.25) is 0 Å². The number of nitrogens with one attached hydrogen (secondary N) is 1. The molecule has 1 aromatic heterocycles. The zero-order valence-corrected chi connectivity index (χ0v) is 12.5. The Morgan fingerprint density at radius 2 is 2.20 bits per heavy atom. The van der Waals surface area contributed by atoms with Crippen molar-refractivity contribution in [2.24, 2.45) is 10.1 Å². The summed E-state index contributed by atoms with van der Waals surface area (Å²) in [4.78, 5) is 4.41. The summed E-state index contributed by atoms with van der Waals surface area (Å²) in [5.41, 5.74) is 4.40. The molecule has 0 amide bonds. The van der Waals surface area contributed by atoms with Gasteiger partial charge in [-0.1, -0.05) is 35.0 Å². The quantitative estimate of drug-likeness (QED) is 0.894. The fourth-order valence-corrected chi connectivity index (χ4v) is 2.83. The first-order valence-corrected chi connectivity index (χ1v) is 7.49. The predicted octanol–water partition coefficient (Wildman–Crippen LogP) is 4.31. The number of aliphatic imine (C=N–C) groups is 1. The Balaban J connectivity index is 1.79. The number of rotatable bonds is 2. The second-order valence-electron chi connectivity index (χ2n) is 3.95. The summed E-state index contributed by atoms with van der Waals surface area (Å²) >= 11 is 13.5. The van der Waals surface area contributed by atoms with Crippen LogP contribution in [0.4, 0.5) is 5.69 Å². The van der Waals surface area contributed by atoms with Gasteiger partial charge in [0.25, 0.3) is 0 Å². The van der Waals surface area contributed by atoms with Crippen LogP contribution in [0, 0.1) is 0 Å². The predicted molar refractivity (Wildman–Crippen MR) is 84.4 cm³/mol. The van der Waals surface area contributed by atoms with E-state index in [0.29, 0.717) is 26.7 Å². The van der Waals surface area contributed by atoms with Crippen molar-refractivity contribution in [1.29, 1.82) is 0 Å². The third kappa shape index (κ3) is 3.00. The number of amidine groups is 1. The lowest BCUT2D eigenvalue weighted by Crippen LogP contribution is -2.24. The maximum absolute atomic E-state index is 6.08. The van der Waals surface area contributed by atoms with Gasteiger partial charge in [-0.3, -0.25) is 5.43 Å². The van der Waals surface area contributed by atoms with E-state index in [2.05, 4.69) is 15.5 Å². The Morgan fingerprint density at radius 1 is 1.30 bits per heavy atom. The lowest BCUT2D eigenvalue weighted by Gasteiger charge is -2.13. The summed E-state index contributed by atoms with van der Waals surface area (Å²) in [6, 6.07) is 8.88. The highest BCUT2D eigenvalue weighted by Gasteiger charge is 2.15. The molecule has 1 aromatic carbocycles. The summed E-state index contributed by atoms with van der Waals surface area (Å²) in [7, 11) is 0. The van der Waals surface area contributed by atoms with E-state index in [0.717, 1.165) is 11.5 Å². The first-order valence-electron chi connectivity index (χ1n) is 5.75. The molecule has 1 N–H and O–H groups in total. The van der Waals surface area contributed by atoms with Crippen LogP contribution < -0.4 is 5.43 Å². The number of halogens is 2. The number of furan rings is 1. The minimum atomic E-state index is 0.508. The molecule has 1 aliphatic heterocycles. The molecule has 0 saturated carbocycles. The molecule has 2 heterocycles. The standard InChI is InChI=1S/C13H9Cl2N3OS/c14-8-3-4-10(9(15)6-8)16-13-18-17-11(7-20-13)12-2-1-5-19-12/h1-6H,7H2,(H,16,18). The Kier molecular flexibility index (Phi) is 4.00. The van der Waals surface area contributed by atoms with E-state index < -0.39 is 0 Å². The number of hydrogen-bond acceptors (Lipinski definition) is 4. The maximum atomic E-state index is 6.08. The molecule has 102 valence electrons. The molecule has 0 fully saturated rings. The van der Waals surface area contributed by atoms with Crippen molar-refractivity contribution in [1.82, 2.24) is 5.43 Å². The van der Waals surface area contributed by atoms with E-state index in [4.69, 9.17) is 27.6 Å². The van der Waals surface area contributed by atoms with Crippen molar-refractivity contribution in [2.45, 2.75) is 0 Å². The fourth-order valence-electron chi connectivity index (χ4n) is 1.62. The smallest absolute Gasteiger partial charge is 0.182 e. The molecule has 0 saturated heterocycles. The molecule has 0 radical (unpaired) electrons. The Labute approximate surface area is 129 Å². The Hall–Kier alpha value is -1.43. The zero-order valence-electron chi connectivity index (χ0n) is 10.1. The van der Waals surface area contributed by atoms with Crippen molar-refractivity contribution in [3.8, 4) is 0 Å². The van der Waals surface area contributed by atoms with Crippen molar-refractivity contribution in [3.05, 3.63) is 52.4 Å². The maximum Gasteiger partial charge on any atom is 0.182 e. The summed E-state index contributed by atoms with van der Waals surface area (Å²) in [6.07, 6.45) is 1.62. The summed E-state index contributed by atoms with van der Waals surface area (Å²) in [5.74, 6) is 1.44. The molecule has 0 bridgehead atoms. The molecular formula is C13H9Cl2N3OS. The lowest BCUT2D eigenvalue weighted by atomic mass is 10.3. The summed E-state index contributed by atoms with van der Waals surface area (Å²) in [5, 5.41) is 6.03. The molecule has 20 heavy (non-hydrogen) atoms. The topological polar surface area (TPSA) is 49.9 Å². The number of hydrogen-bond donors (Lipinski definition) is 1. The van der Waals surface area contributed by atoms with Crippen LogP contribution in [0.25, 0.3) is 0 Å². The third-order valence-corrected chi connectivity index (χ3v) is 3.98. The van der Waals surface area contributed by atoms with E-state index in [1.54, 1.807) is 24.5 Å². The van der Waals surface area contributed by atoms with Crippen LogP contribution in [0.1, 0.15) is 5.76 Å². The second-order valence-corrected chi connectivity index (χ2v) is 5.76. The first kappa shape index (κ1) is 13.5. The molecule has 0 unspecified atom stereocenters. The highest BCUT2D eigenvalue weighted by atomic mass is 35.5. The van der Waals surface area contributed by atoms with Crippen LogP contribution in [0.15, 0.2) is 51.1 Å². The molecular weight excluding hydrogens is 317 g/mol. The van der Waals surface area contributed by atoms with E-state index in [9.17, 15) is 0 Å². The average Bonchev–Trinajstić information content (AvgIpc) is 2.97. The van der Waals surface area contributed by atoms with E-state index in [1.807, 2.05) is 12.1 Å². The third-order valence-electron chi connectivity index (χ3n) is 2.57. The molecule has 7 heteroatoms. The van der Waals surface area contributed by atoms with Crippen molar-refractivity contribution >= 4 is 51.5 Å². The van der Waals surface area contributed by atoms with Gasteiger partial charge in [0, 0.05) is 10.8 Å². The second kappa shape index (κ2) is 5.91. The molecule has 0 spiro atoms. The fraction of sp³-hybridized carbons (Fsp3) is 0.0769. The molecule has 4 nitrogen and oxygen atoms in total. The van der Waals surface area contributed by atoms with Gasteiger partial charge in [0.15, 0.2) is 10.9 Å². The molecule has 1 aliphatic rings. The largest absolute Gasteiger partial charge is 0.463 e. The lowest BCUT2D eigenvalue weighted by molar-refractivity contribution is 0.556. The monoisotopic (exact) mass is 325 g/mol. The summed E-state index contributed by atoms with van der Waals surface area (Å²) in [6.45, 7) is 0. The van der Waals surface area contributed by atoms with Crippen LogP contribution in [0.3, 0.4) is 0 Å². The van der Waals surface area contributed by atoms with Gasteiger partial charge in [0.05, 0.1) is 17.0 Å². The molecule has 2 aromatic rings. The van der Waals surface area contributed by atoms with Crippen molar-refractivity contribution in [3.63, 3.8) is 0 Å². The average molecular weight is 326 g/mol. The van der Waals surface area contributed by atoms with Gasteiger partial charge in [-0.25, -0.2) is 4.99 Å². The van der Waals surface area contributed by atoms with Crippen LogP contribution in [-0.2, 0) is 0 Å². The number of nitrogens with zero attached hydrogens (tertiary/aromatic N) is 2. The van der Waals surface area contributed by atoms with Crippen molar-refractivity contribution < 1.29 is 4.42 Å². The summed E-state index contributed by atoms with van der Waals surface area (Å²) < 4.78 is 5.30. The minimum absolute atomic E-state index is 0.508. The van der Waals surface area contributed by atoms with Gasteiger partial charge >= 0.3 is 0 Å². The van der Waals surface area contributed by atoms with Crippen LogP contribution in [-0.4, -0.2) is 16.6 Å². The van der Waals surface area contributed by atoms with Gasteiger partial charge in [-0.15, -0.1) is 0 Å². The number of thioether (sulfide) groups is 1. The van der Waals surface area contributed by atoms with E-state index >= 15 is 0 Å². The normalized spacial score (nSPS) is 16.9. The highest BCUT2D eigenvalue weighted by molar-refractivity contribution is 8.14. The zero-order chi connectivity index (χ0) is 13.9. The van der Waals surface area contributed by atoms with Gasteiger partial charge < -0.3 is 4.42 Å². The van der Waals surface area contributed by atoms with Gasteiger partial charge in [-0.05, 0) is 30.3 Å². The van der Waals surface area contributed by atoms with E-state index in [-0.39, 0.29) is 0 Å². The van der Waals surface area contributed by atoms with Crippen molar-refractivity contribution in [2.75, 3.05) is 5.75 Å². The minimum Gasteiger partial charge on any atom is -0.463 e. The Bertz CT molecular complexity index is 683. The van der Waals surface area contributed by atoms with Crippen LogP contribution in [0.2, 0.25) is 10.0 Å². The Morgan fingerprint density at radius 3 is 2.85 bits per heavy atom. The first-order chi connectivity index (χ1) is 9.72. The number of hydrazone groups is 1. The SMILES string of the molecule is Clc1ccc(N=C2NN=C(c3ccco3)CS2)c(Cl)c1. The molecule has 3 rings (SSSR count). The van der Waals surface area contributed by atoms with Gasteiger partial charge in [-0.2, -0.15) is 5.10 Å². The van der Waals surface area contributed by atoms with E-state index in [1.165, 1.54) is 11.8 Å². The molecule has 0 aliphatic carbocycles. The number of benzene rings is 1. The highest BCUT2D eigenvalue weighted by Crippen LogP contribution is 2.29. The van der Waals surface area contributed by atoms with Crippen LogP contribution in [0.5, 0.6) is 0 Å². The van der Waals surface area contributed by atoms with Gasteiger partial charge in [0.1, 0.15) is 5.71 Å². The molecule has 0 atom stereocenters.